The van der Waals surface area contributed by atoms with E-state index in [-0.39, 0.29) is 17.8 Å². The number of hydrogen-bond donors (Lipinski definition) is 1. The maximum Gasteiger partial charge on any atom is 0.334 e. The normalized spacial score (nSPS) is 14.1. The van der Waals surface area contributed by atoms with Crippen molar-refractivity contribution in [2.75, 3.05) is 18.4 Å². The van der Waals surface area contributed by atoms with Crippen LogP contribution < -0.4 is 5.32 Å². The topological polar surface area (TPSA) is 111 Å². The molecule has 0 aliphatic carbocycles. The highest BCUT2D eigenvalue weighted by Gasteiger charge is 2.44. The Morgan fingerprint density at radius 2 is 1.92 bits per heavy atom. The van der Waals surface area contributed by atoms with Crippen molar-refractivity contribution in [1.29, 1.82) is 5.26 Å². The van der Waals surface area contributed by atoms with Crippen LogP contribution in [0, 0.1) is 11.3 Å². The summed E-state index contributed by atoms with van der Waals surface area (Å²) in [4.78, 5) is 49.0. The van der Waals surface area contributed by atoms with E-state index in [0.717, 1.165) is 4.90 Å². The smallest absolute Gasteiger partial charge is 0.323 e. The number of imide groups is 2. The number of hydrogen-bond acceptors (Lipinski definition) is 5. The van der Waals surface area contributed by atoms with E-state index in [1.807, 2.05) is 6.07 Å². The van der Waals surface area contributed by atoms with Gasteiger partial charge in [-0.1, -0.05) is 18.5 Å². The monoisotopic (exact) mass is 348 g/mol. The maximum atomic E-state index is 12.1. The molecule has 1 heterocycles. The van der Waals surface area contributed by atoms with E-state index in [0.29, 0.717) is 16.3 Å². The van der Waals surface area contributed by atoms with Gasteiger partial charge in [0.1, 0.15) is 12.6 Å². The Labute approximate surface area is 142 Å². The molecule has 1 aliphatic rings. The number of nitriles is 1. The highest BCUT2D eigenvalue weighted by molar-refractivity contribution is 6.45. The van der Waals surface area contributed by atoms with Crippen molar-refractivity contribution in [3.63, 3.8) is 0 Å². The molecule has 124 valence electrons. The van der Waals surface area contributed by atoms with Crippen LogP contribution in [-0.2, 0) is 14.4 Å². The Morgan fingerprint density at radius 1 is 1.25 bits per heavy atom. The Morgan fingerprint density at radius 3 is 2.54 bits per heavy atom. The van der Waals surface area contributed by atoms with E-state index in [2.05, 4.69) is 5.32 Å². The molecule has 1 aliphatic heterocycles. The van der Waals surface area contributed by atoms with Gasteiger partial charge in [-0.15, -0.1) is 0 Å². The summed E-state index contributed by atoms with van der Waals surface area (Å²) in [6, 6.07) is 5.35. The Hall–Kier alpha value is -2.92. The average Bonchev–Trinajstić information content (AvgIpc) is 2.73. The van der Waals surface area contributed by atoms with Gasteiger partial charge in [-0.25, -0.2) is 9.69 Å². The lowest BCUT2D eigenvalue weighted by Gasteiger charge is -2.15. The first-order chi connectivity index (χ1) is 11.4. The van der Waals surface area contributed by atoms with E-state index in [1.54, 1.807) is 6.92 Å². The second kappa shape index (κ2) is 7.10. The molecule has 1 fully saturated rings. The first-order valence-electron chi connectivity index (χ1n) is 7.05. The van der Waals surface area contributed by atoms with E-state index < -0.39 is 30.3 Å². The van der Waals surface area contributed by atoms with Crippen molar-refractivity contribution in [3.8, 4) is 6.07 Å². The van der Waals surface area contributed by atoms with Gasteiger partial charge in [0, 0.05) is 11.6 Å². The van der Waals surface area contributed by atoms with Crippen molar-refractivity contribution in [1.82, 2.24) is 9.80 Å². The van der Waals surface area contributed by atoms with Crippen LogP contribution in [0.2, 0.25) is 5.02 Å². The molecule has 0 unspecified atom stereocenters. The second-order valence-electron chi connectivity index (χ2n) is 4.98. The van der Waals surface area contributed by atoms with Gasteiger partial charge in [-0.05, 0) is 24.6 Å². The molecule has 0 spiro atoms. The van der Waals surface area contributed by atoms with Crippen molar-refractivity contribution < 1.29 is 19.2 Å². The molecule has 2 rings (SSSR count). The van der Waals surface area contributed by atoms with Crippen LogP contribution in [0.5, 0.6) is 0 Å². The van der Waals surface area contributed by atoms with Crippen molar-refractivity contribution in [2.45, 2.75) is 13.3 Å². The number of urea groups is 1. The fourth-order valence-electron chi connectivity index (χ4n) is 2.16. The van der Waals surface area contributed by atoms with E-state index in [4.69, 9.17) is 16.9 Å². The molecule has 1 aromatic carbocycles. The molecule has 0 atom stereocenters. The Balaban J connectivity index is 2.12. The number of carbonyl (C=O) groups excluding carboxylic acids is 4. The molecule has 0 aromatic heterocycles. The predicted octanol–water partition coefficient (Wildman–Crippen LogP) is 1.35. The van der Waals surface area contributed by atoms with Crippen molar-refractivity contribution >= 4 is 41.0 Å². The molecule has 0 bridgehead atoms. The number of nitrogens with zero attached hydrogens (tertiary/aromatic N) is 3. The van der Waals surface area contributed by atoms with Crippen molar-refractivity contribution in [3.05, 3.63) is 28.8 Å². The van der Waals surface area contributed by atoms with Gasteiger partial charge >= 0.3 is 17.8 Å². The van der Waals surface area contributed by atoms with Gasteiger partial charge in [-0.3, -0.25) is 19.3 Å². The Kier molecular flexibility index (Phi) is 5.16. The minimum atomic E-state index is -1.05. The van der Waals surface area contributed by atoms with Gasteiger partial charge in [-0.2, -0.15) is 5.26 Å². The van der Waals surface area contributed by atoms with Crippen LogP contribution in [0.3, 0.4) is 0 Å². The summed E-state index contributed by atoms with van der Waals surface area (Å²) < 4.78 is 0. The second-order valence-corrected chi connectivity index (χ2v) is 5.42. The summed E-state index contributed by atoms with van der Waals surface area (Å²) in [7, 11) is 0. The number of halogens is 1. The highest BCUT2D eigenvalue weighted by Crippen LogP contribution is 2.20. The summed E-state index contributed by atoms with van der Waals surface area (Å²) >= 11 is 5.82. The van der Waals surface area contributed by atoms with Crippen LogP contribution in [-0.4, -0.2) is 46.6 Å². The zero-order valence-corrected chi connectivity index (χ0v) is 13.5. The van der Waals surface area contributed by atoms with E-state index >= 15 is 0 Å². The molecular formula is C15H13ClN4O4. The summed E-state index contributed by atoms with van der Waals surface area (Å²) in [5, 5.41) is 11.7. The largest absolute Gasteiger partial charge is 0.334 e. The maximum absolute atomic E-state index is 12.1. The van der Waals surface area contributed by atoms with Crippen LogP contribution in [0.1, 0.15) is 18.9 Å². The number of rotatable bonds is 5. The average molecular weight is 349 g/mol. The van der Waals surface area contributed by atoms with Gasteiger partial charge < -0.3 is 5.32 Å². The van der Waals surface area contributed by atoms with E-state index in [9.17, 15) is 19.2 Å². The fraction of sp³-hybridized carbons (Fsp3) is 0.267. The lowest BCUT2D eigenvalue weighted by atomic mass is 10.2. The first kappa shape index (κ1) is 17.4. The molecule has 0 saturated carbocycles. The molecule has 1 saturated heterocycles. The lowest BCUT2D eigenvalue weighted by Crippen LogP contribution is -2.39. The SMILES string of the molecule is CCCN1C(=O)C(=O)N(CC(=O)Nc2cc(Cl)ccc2C#N)C1=O. The van der Waals surface area contributed by atoms with E-state index in [1.165, 1.54) is 18.2 Å². The number of nitrogens with one attached hydrogen (secondary N) is 1. The third-order valence-corrected chi connectivity index (χ3v) is 3.50. The molecule has 0 radical (unpaired) electrons. The van der Waals surface area contributed by atoms with Gasteiger partial charge in [0.15, 0.2) is 0 Å². The standard InChI is InChI=1S/C15H13ClN4O4/c1-2-5-19-13(22)14(23)20(15(19)24)8-12(21)18-11-6-10(16)4-3-9(11)7-17/h3-4,6H,2,5,8H2,1H3,(H,18,21). The molecule has 1 aromatic rings. The number of anilines is 1. The van der Waals surface area contributed by atoms with Crippen LogP contribution >= 0.6 is 11.6 Å². The van der Waals surface area contributed by atoms with Gasteiger partial charge in [0.25, 0.3) is 0 Å². The summed E-state index contributed by atoms with van der Waals surface area (Å²) in [6.07, 6.45) is 0.499. The molecule has 5 amide bonds. The zero-order valence-electron chi connectivity index (χ0n) is 12.7. The van der Waals surface area contributed by atoms with Crippen LogP contribution in [0.15, 0.2) is 18.2 Å². The van der Waals surface area contributed by atoms with Crippen LogP contribution in [0.25, 0.3) is 0 Å². The lowest BCUT2D eigenvalue weighted by molar-refractivity contribution is -0.143. The molecule has 8 nitrogen and oxygen atoms in total. The third-order valence-electron chi connectivity index (χ3n) is 3.26. The fourth-order valence-corrected chi connectivity index (χ4v) is 2.33. The molecule has 24 heavy (non-hydrogen) atoms. The van der Waals surface area contributed by atoms with Crippen LogP contribution in [0.4, 0.5) is 10.5 Å². The number of carbonyl (C=O) groups is 4. The first-order valence-corrected chi connectivity index (χ1v) is 7.43. The molecular weight excluding hydrogens is 336 g/mol. The number of benzene rings is 1. The molecule has 1 N–H and O–H groups in total. The van der Waals surface area contributed by atoms with Gasteiger partial charge in [0.05, 0.1) is 11.3 Å². The minimum Gasteiger partial charge on any atom is -0.323 e. The highest BCUT2D eigenvalue weighted by atomic mass is 35.5. The third kappa shape index (κ3) is 3.36. The van der Waals surface area contributed by atoms with Crippen molar-refractivity contribution in [2.24, 2.45) is 0 Å². The Bertz CT molecular complexity index is 771. The minimum absolute atomic E-state index is 0.106. The summed E-state index contributed by atoms with van der Waals surface area (Å²) in [5.41, 5.74) is 0.335. The quantitative estimate of drug-likeness (QED) is 0.637. The predicted molar refractivity (Wildman–Crippen MR) is 83.9 cm³/mol. The summed E-state index contributed by atoms with van der Waals surface area (Å²) in [6.45, 7) is 1.23. The number of amides is 5. The zero-order chi connectivity index (χ0) is 17.9. The van der Waals surface area contributed by atoms with Gasteiger partial charge in [0.2, 0.25) is 5.91 Å². The molecule has 9 heteroatoms. The summed E-state index contributed by atoms with van der Waals surface area (Å²) in [5.74, 6) is -2.72.